The molecule has 39 heavy (non-hydrogen) atoms. The van der Waals surface area contributed by atoms with Gasteiger partial charge in [0.2, 0.25) is 0 Å². The fourth-order valence-electron chi connectivity index (χ4n) is 3.63. The third kappa shape index (κ3) is 6.20. The number of hydrogen-bond acceptors (Lipinski definition) is 7. The normalized spacial score (nSPS) is 11.6. The van der Waals surface area contributed by atoms with Crippen molar-refractivity contribution < 1.29 is 32.2 Å². The maximum absolute atomic E-state index is 13.4. The first-order valence-electron chi connectivity index (χ1n) is 11.5. The molecule has 4 rings (SSSR count). The summed E-state index contributed by atoms with van der Waals surface area (Å²) >= 11 is 6.37. The molecule has 0 atom stereocenters. The largest absolute Gasteiger partial charge is 0.490 e. The van der Waals surface area contributed by atoms with Crippen LogP contribution in [0, 0.1) is 0 Å². The molecule has 0 aliphatic heterocycles. The van der Waals surface area contributed by atoms with Gasteiger partial charge < -0.3 is 14.2 Å². The highest BCUT2D eigenvalue weighted by atomic mass is 35.5. The summed E-state index contributed by atoms with van der Waals surface area (Å²) in [7, 11) is 1.22. The average molecular weight is 560 g/mol. The summed E-state index contributed by atoms with van der Waals surface area (Å²) in [4.78, 5) is 29.3. The molecule has 0 radical (unpaired) electrons. The third-order valence-electron chi connectivity index (χ3n) is 5.42. The van der Waals surface area contributed by atoms with Gasteiger partial charge in [0, 0.05) is 5.56 Å². The zero-order chi connectivity index (χ0) is 28.2. The van der Waals surface area contributed by atoms with Gasteiger partial charge in [-0.05, 0) is 48.9 Å². The monoisotopic (exact) mass is 559 g/mol. The van der Waals surface area contributed by atoms with E-state index in [0.29, 0.717) is 11.1 Å². The van der Waals surface area contributed by atoms with E-state index in [9.17, 15) is 22.8 Å². The fourth-order valence-corrected chi connectivity index (χ4v) is 3.91. The molecule has 1 heterocycles. The molecule has 3 aromatic carbocycles. The van der Waals surface area contributed by atoms with Crippen LogP contribution in [-0.4, -0.2) is 42.2 Å². The zero-order valence-electron chi connectivity index (χ0n) is 20.7. The number of aromatic nitrogens is 2. The number of para-hydroxylation sites is 1. The summed E-state index contributed by atoms with van der Waals surface area (Å²) in [6.07, 6.45) is -3.31. The number of carbonyl (C=O) groups is 1. The van der Waals surface area contributed by atoms with Crippen LogP contribution < -0.4 is 15.0 Å². The number of esters is 1. The molecular weight excluding hydrogens is 539 g/mol. The molecule has 0 unspecified atom stereocenters. The van der Waals surface area contributed by atoms with E-state index >= 15 is 0 Å². The second kappa shape index (κ2) is 11.6. The number of fused-ring (bicyclic) bond motifs is 1. The summed E-state index contributed by atoms with van der Waals surface area (Å²) in [5, 5.41) is 4.58. The molecule has 0 saturated heterocycles. The van der Waals surface area contributed by atoms with Crippen LogP contribution in [0.1, 0.15) is 18.1 Å². The summed E-state index contributed by atoms with van der Waals surface area (Å²) in [5.41, 5.74) is -0.754. The molecule has 0 N–H and O–H groups in total. The lowest BCUT2D eigenvalue weighted by atomic mass is 10.1. The predicted octanol–water partition coefficient (Wildman–Crippen LogP) is 5.57. The van der Waals surface area contributed by atoms with Gasteiger partial charge in [0.05, 0.1) is 41.4 Å². The SMILES string of the molecule is CCOc1cc(C=Nn2c(-c3cccc(C(F)(F)F)c3)nc3ccccc3c2=O)cc(Cl)c1OCC(=O)OC. The Labute approximate surface area is 225 Å². The van der Waals surface area contributed by atoms with Crippen molar-refractivity contribution in [3.8, 4) is 22.9 Å². The molecule has 0 amide bonds. The molecule has 0 spiro atoms. The van der Waals surface area contributed by atoms with Gasteiger partial charge in [-0.2, -0.15) is 22.9 Å². The fraction of sp³-hybridized carbons (Fsp3) is 0.185. The lowest BCUT2D eigenvalue weighted by molar-refractivity contribution is -0.143. The average Bonchev–Trinajstić information content (AvgIpc) is 2.91. The maximum Gasteiger partial charge on any atom is 0.416 e. The number of alkyl halides is 3. The van der Waals surface area contributed by atoms with E-state index in [0.717, 1.165) is 16.8 Å². The van der Waals surface area contributed by atoms with E-state index in [1.165, 1.54) is 37.6 Å². The van der Waals surface area contributed by atoms with E-state index in [2.05, 4.69) is 14.8 Å². The Morgan fingerprint density at radius 3 is 2.59 bits per heavy atom. The number of carbonyl (C=O) groups excluding carboxylic acids is 1. The standard InChI is InChI=1S/C27H21ClF3N3O5/c1-3-38-22-12-16(11-20(28)24(22)39-15-23(35)37-2)14-32-34-25(17-7-6-8-18(13-17)27(29,30)31)33-21-10-5-4-9-19(21)26(34)36/h4-14H,3,15H2,1-2H3. The summed E-state index contributed by atoms with van der Waals surface area (Å²) < 4.78 is 56.7. The number of methoxy groups -OCH3 is 1. The highest BCUT2D eigenvalue weighted by Gasteiger charge is 2.31. The van der Waals surface area contributed by atoms with Crippen LogP contribution in [0.5, 0.6) is 11.5 Å². The summed E-state index contributed by atoms with van der Waals surface area (Å²) in [6, 6.07) is 13.9. The van der Waals surface area contributed by atoms with Crippen molar-refractivity contribution >= 4 is 34.7 Å². The molecule has 0 aliphatic carbocycles. The summed E-state index contributed by atoms with van der Waals surface area (Å²) in [5.74, 6) is -0.396. The van der Waals surface area contributed by atoms with Crippen molar-refractivity contribution in [3.05, 3.63) is 87.2 Å². The second-order valence-electron chi connectivity index (χ2n) is 8.02. The lowest BCUT2D eigenvalue weighted by Crippen LogP contribution is -2.20. The molecule has 1 aromatic heterocycles. The van der Waals surface area contributed by atoms with Crippen LogP contribution in [0.2, 0.25) is 5.02 Å². The molecule has 0 aliphatic rings. The number of halogens is 4. The van der Waals surface area contributed by atoms with Crippen molar-refractivity contribution in [1.82, 2.24) is 9.66 Å². The molecular formula is C27H21ClF3N3O5. The van der Waals surface area contributed by atoms with E-state index in [1.807, 2.05) is 0 Å². The Morgan fingerprint density at radius 1 is 1.10 bits per heavy atom. The molecule has 0 bridgehead atoms. The first-order chi connectivity index (χ1) is 18.6. The Morgan fingerprint density at radius 2 is 1.87 bits per heavy atom. The van der Waals surface area contributed by atoms with Gasteiger partial charge in [-0.3, -0.25) is 4.79 Å². The van der Waals surface area contributed by atoms with Gasteiger partial charge in [0.1, 0.15) is 0 Å². The second-order valence-corrected chi connectivity index (χ2v) is 8.43. The predicted molar refractivity (Wildman–Crippen MR) is 140 cm³/mol. The Kier molecular flexibility index (Phi) is 8.20. The van der Waals surface area contributed by atoms with Crippen LogP contribution in [0.4, 0.5) is 13.2 Å². The number of ether oxygens (including phenoxy) is 3. The van der Waals surface area contributed by atoms with Crippen LogP contribution in [0.15, 0.2) is 70.6 Å². The lowest BCUT2D eigenvalue weighted by Gasteiger charge is -2.14. The smallest absolute Gasteiger partial charge is 0.416 e. The van der Waals surface area contributed by atoms with Gasteiger partial charge in [-0.25, -0.2) is 9.78 Å². The van der Waals surface area contributed by atoms with E-state index < -0.39 is 29.9 Å². The van der Waals surface area contributed by atoms with Crippen molar-refractivity contribution in [2.75, 3.05) is 20.3 Å². The molecule has 202 valence electrons. The Hall–Kier alpha value is -4.38. The van der Waals surface area contributed by atoms with Crippen LogP contribution in [0.3, 0.4) is 0 Å². The van der Waals surface area contributed by atoms with E-state index in [4.69, 9.17) is 21.1 Å². The quantitative estimate of drug-likeness (QED) is 0.207. The van der Waals surface area contributed by atoms with Crippen LogP contribution in [0.25, 0.3) is 22.3 Å². The number of rotatable bonds is 8. The molecule has 0 saturated carbocycles. The zero-order valence-corrected chi connectivity index (χ0v) is 21.4. The van der Waals surface area contributed by atoms with Gasteiger partial charge in [0.15, 0.2) is 23.9 Å². The van der Waals surface area contributed by atoms with Crippen LogP contribution in [-0.2, 0) is 15.7 Å². The van der Waals surface area contributed by atoms with E-state index in [1.54, 1.807) is 31.2 Å². The van der Waals surface area contributed by atoms with Crippen molar-refractivity contribution in [1.29, 1.82) is 0 Å². The third-order valence-corrected chi connectivity index (χ3v) is 5.70. The minimum atomic E-state index is -4.59. The van der Waals surface area contributed by atoms with Crippen molar-refractivity contribution in [3.63, 3.8) is 0 Å². The van der Waals surface area contributed by atoms with Gasteiger partial charge in [0.25, 0.3) is 5.56 Å². The number of nitrogens with zero attached hydrogens (tertiary/aromatic N) is 3. The minimum absolute atomic E-state index is 0.0458. The van der Waals surface area contributed by atoms with Crippen LogP contribution >= 0.6 is 11.6 Å². The number of benzene rings is 3. The maximum atomic E-state index is 13.4. The Balaban J connectivity index is 1.83. The van der Waals surface area contributed by atoms with Gasteiger partial charge in [-0.15, -0.1) is 0 Å². The van der Waals surface area contributed by atoms with E-state index in [-0.39, 0.29) is 39.9 Å². The number of hydrogen-bond donors (Lipinski definition) is 0. The van der Waals surface area contributed by atoms with Crippen molar-refractivity contribution in [2.45, 2.75) is 13.1 Å². The Bertz CT molecular complexity index is 1620. The molecule has 4 aromatic rings. The first kappa shape index (κ1) is 27.6. The van der Waals surface area contributed by atoms with Gasteiger partial charge >= 0.3 is 12.1 Å². The highest BCUT2D eigenvalue weighted by molar-refractivity contribution is 6.32. The molecule has 0 fully saturated rings. The molecule has 8 nitrogen and oxygen atoms in total. The minimum Gasteiger partial charge on any atom is -0.490 e. The van der Waals surface area contributed by atoms with Crippen molar-refractivity contribution in [2.24, 2.45) is 5.10 Å². The summed E-state index contributed by atoms with van der Waals surface area (Å²) in [6.45, 7) is 1.59. The van der Waals surface area contributed by atoms with Gasteiger partial charge in [-0.1, -0.05) is 35.9 Å². The molecule has 12 heteroatoms. The first-order valence-corrected chi connectivity index (χ1v) is 11.9. The highest BCUT2D eigenvalue weighted by Crippen LogP contribution is 2.36. The topological polar surface area (TPSA) is 92.0 Å².